The zero-order valence-corrected chi connectivity index (χ0v) is 15.6. The maximum atomic E-state index is 12.6. The molecule has 8 nitrogen and oxygen atoms in total. The van der Waals surface area contributed by atoms with Gasteiger partial charge in [0.1, 0.15) is 6.07 Å². The van der Waals surface area contributed by atoms with E-state index in [0.717, 1.165) is 11.2 Å². The second-order valence-electron chi connectivity index (χ2n) is 7.03. The molecule has 3 aromatic rings. The molecule has 4 rings (SSSR count). The summed E-state index contributed by atoms with van der Waals surface area (Å²) in [5.74, 6) is -0.174. The summed E-state index contributed by atoms with van der Waals surface area (Å²) in [6, 6.07) is 9.70. The zero-order chi connectivity index (χ0) is 19.7. The van der Waals surface area contributed by atoms with Crippen LogP contribution in [0.5, 0.6) is 0 Å². The molecule has 8 heteroatoms. The number of nitrogens with zero attached hydrogens (tertiary/aromatic N) is 4. The van der Waals surface area contributed by atoms with Crippen molar-refractivity contribution in [3.05, 3.63) is 47.8 Å². The number of ether oxygens (including phenoxy) is 1. The summed E-state index contributed by atoms with van der Waals surface area (Å²) in [6.45, 7) is 5.10. The van der Waals surface area contributed by atoms with E-state index in [0.29, 0.717) is 35.7 Å². The van der Waals surface area contributed by atoms with Crippen LogP contribution in [-0.2, 0) is 4.74 Å². The van der Waals surface area contributed by atoms with Gasteiger partial charge in [-0.3, -0.25) is 9.78 Å². The average molecular weight is 376 g/mol. The first kappa shape index (κ1) is 17.9. The molecular formula is C20H20N6O2. The number of carbonyl (C=O) groups excluding carboxylic acids is 1. The van der Waals surface area contributed by atoms with Gasteiger partial charge in [-0.15, -0.1) is 0 Å². The third-order valence-electron chi connectivity index (χ3n) is 4.46. The maximum absolute atomic E-state index is 12.6. The van der Waals surface area contributed by atoms with E-state index >= 15 is 0 Å². The lowest BCUT2D eigenvalue weighted by atomic mass is 10.1. The molecule has 0 bridgehead atoms. The molecule has 1 saturated heterocycles. The Morgan fingerprint density at radius 3 is 2.82 bits per heavy atom. The molecule has 0 spiro atoms. The van der Waals surface area contributed by atoms with Gasteiger partial charge >= 0.3 is 0 Å². The number of rotatable bonds is 5. The van der Waals surface area contributed by atoms with Crippen molar-refractivity contribution < 1.29 is 9.53 Å². The lowest BCUT2D eigenvalue weighted by Crippen LogP contribution is -2.48. The summed E-state index contributed by atoms with van der Waals surface area (Å²) in [4.78, 5) is 17.1. The number of hydrogen-bond acceptors (Lipinski definition) is 6. The van der Waals surface area contributed by atoms with Crippen molar-refractivity contribution in [2.75, 3.05) is 18.5 Å². The molecule has 1 amide bonds. The molecule has 1 aliphatic rings. The Bertz CT molecular complexity index is 1080. The SMILES string of the molecule is CC(C)Nc1cc(-c2ccc3cc(C#N)cnn23)ncc1C(=O)NC1COC1. The van der Waals surface area contributed by atoms with Crippen molar-refractivity contribution in [3.8, 4) is 17.5 Å². The van der Waals surface area contributed by atoms with Crippen molar-refractivity contribution in [1.82, 2.24) is 19.9 Å². The van der Waals surface area contributed by atoms with Gasteiger partial charge in [0.25, 0.3) is 5.91 Å². The van der Waals surface area contributed by atoms with Crippen LogP contribution in [0.2, 0.25) is 0 Å². The number of aromatic nitrogens is 3. The van der Waals surface area contributed by atoms with Gasteiger partial charge in [-0.1, -0.05) is 0 Å². The standard InChI is InChI=1S/C20H20N6O2/c1-12(2)24-17-6-18(22-9-16(17)20(27)25-14-10-28-11-14)19-4-3-15-5-13(7-21)8-23-26(15)19/h3-6,8-9,12,14H,10-11H2,1-2H3,(H,22,24)(H,25,27). The van der Waals surface area contributed by atoms with Crippen LogP contribution in [0, 0.1) is 11.3 Å². The zero-order valence-electron chi connectivity index (χ0n) is 15.6. The second-order valence-corrected chi connectivity index (χ2v) is 7.03. The number of amides is 1. The maximum Gasteiger partial charge on any atom is 0.255 e. The number of nitriles is 1. The van der Waals surface area contributed by atoms with E-state index in [1.807, 2.05) is 32.0 Å². The first-order valence-electron chi connectivity index (χ1n) is 9.08. The van der Waals surface area contributed by atoms with Crippen LogP contribution in [-0.4, -0.2) is 45.8 Å². The van der Waals surface area contributed by atoms with Crippen molar-refractivity contribution in [2.24, 2.45) is 0 Å². The van der Waals surface area contributed by atoms with E-state index in [4.69, 9.17) is 10.00 Å². The molecule has 28 heavy (non-hydrogen) atoms. The van der Waals surface area contributed by atoms with Crippen molar-refractivity contribution >= 4 is 17.1 Å². The molecule has 0 saturated carbocycles. The third kappa shape index (κ3) is 3.40. The van der Waals surface area contributed by atoms with E-state index in [-0.39, 0.29) is 18.0 Å². The molecule has 142 valence electrons. The van der Waals surface area contributed by atoms with Crippen LogP contribution >= 0.6 is 0 Å². The van der Waals surface area contributed by atoms with Crippen LogP contribution in [0.25, 0.3) is 16.9 Å². The van der Waals surface area contributed by atoms with E-state index in [9.17, 15) is 4.79 Å². The Morgan fingerprint density at radius 1 is 1.32 bits per heavy atom. The molecular weight excluding hydrogens is 356 g/mol. The molecule has 0 unspecified atom stereocenters. The second kappa shape index (κ2) is 7.29. The molecule has 2 N–H and O–H groups in total. The smallest absolute Gasteiger partial charge is 0.255 e. The molecule has 3 aromatic heterocycles. The van der Waals surface area contributed by atoms with E-state index < -0.39 is 0 Å². The summed E-state index contributed by atoms with van der Waals surface area (Å²) in [5, 5.41) is 19.7. The molecule has 0 atom stereocenters. The first-order valence-corrected chi connectivity index (χ1v) is 9.08. The number of nitrogens with one attached hydrogen (secondary N) is 2. The molecule has 1 fully saturated rings. The summed E-state index contributed by atoms with van der Waals surface area (Å²) in [5.41, 5.74) is 3.97. The van der Waals surface area contributed by atoms with Gasteiger partial charge < -0.3 is 15.4 Å². The van der Waals surface area contributed by atoms with Crippen LogP contribution in [0.4, 0.5) is 5.69 Å². The number of pyridine rings is 1. The third-order valence-corrected chi connectivity index (χ3v) is 4.46. The predicted molar refractivity (Wildman–Crippen MR) is 104 cm³/mol. The van der Waals surface area contributed by atoms with Gasteiger partial charge in [0.15, 0.2) is 0 Å². The van der Waals surface area contributed by atoms with Crippen LogP contribution in [0.3, 0.4) is 0 Å². The number of hydrogen-bond donors (Lipinski definition) is 2. The van der Waals surface area contributed by atoms with Gasteiger partial charge in [-0.05, 0) is 38.1 Å². The highest BCUT2D eigenvalue weighted by molar-refractivity contribution is 6.00. The lowest BCUT2D eigenvalue weighted by Gasteiger charge is -2.27. The summed E-state index contributed by atoms with van der Waals surface area (Å²) in [6.07, 6.45) is 3.10. The highest BCUT2D eigenvalue weighted by Gasteiger charge is 2.23. The van der Waals surface area contributed by atoms with E-state index in [1.54, 1.807) is 16.8 Å². The van der Waals surface area contributed by atoms with E-state index in [2.05, 4.69) is 26.8 Å². The van der Waals surface area contributed by atoms with E-state index in [1.165, 1.54) is 6.20 Å². The number of anilines is 1. The summed E-state index contributed by atoms with van der Waals surface area (Å²) in [7, 11) is 0. The van der Waals surface area contributed by atoms with Gasteiger partial charge in [-0.25, -0.2) is 4.52 Å². The molecule has 0 aliphatic carbocycles. The Hall–Kier alpha value is -3.44. The minimum atomic E-state index is -0.174. The largest absolute Gasteiger partial charge is 0.382 e. The monoisotopic (exact) mass is 376 g/mol. The van der Waals surface area contributed by atoms with Crippen molar-refractivity contribution in [2.45, 2.75) is 25.9 Å². The van der Waals surface area contributed by atoms with Gasteiger partial charge in [0.2, 0.25) is 0 Å². The van der Waals surface area contributed by atoms with Gasteiger partial charge in [0, 0.05) is 12.2 Å². The summed E-state index contributed by atoms with van der Waals surface area (Å²) < 4.78 is 6.85. The minimum Gasteiger partial charge on any atom is -0.382 e. The normalized spacial score (nSPS) is 13.9. The lowest BCUT2D eigenvalue weighted by molar-refractivity contribution is -0.00345. The van der Waals surface area contributed by atoms with Crippen LogP contribution in [0.1, 0.15) is 29.8 Å². The Balaban J connectivity index is 1.72. The number of carbonyl (C=O) groups is 1. The Labute approximate surface area is 162 Å². The number of fused-ring (bicyclic) bond motifs is 1. The minimum absolute atomic E-state index is 0.0483. The first-order chi connectivity index (χ1) is 13.5. The average Bonchev–Trinajstić information content (AvgIpc) is 3.07. The topological polar surface area (TPSA) is 104 Å². The van der Waals surface area contributed by atoms with Crippen LogP contribution in [0.15, 0.2) is 36.7 Å². The molecule has 1 aliphatic heterocycles. The fraction of sp³-hybridized carbons (Fsp3) is 0.300. The predicted octanol–water partition coefficient (Wildman–Crippen LogP) is 2.22. The highest BCUT2D eigenvalue weighted by Crippen LogP contribution is 2.26. The molecule has 0 aromatic carbocycles. The highest BCUT2D eigenvalue weighted by atomic mass is 16.5. The summed E-state index contributed by atoms with van der Waals surface area (Å²) >= 11 is 0. The fourth-order valence-corrected chi connectivity index (χ4v) is 3.04. The Kier molecular flexibility index (Phi) is 4.67. The van der Waals surface area contributed by atoms with Gasteiger partial charge in [0.05, 0.1) is 59.2 Å². The molecule has 4 heterocycles. The molecule has 0 radical (unpaired) electrons. The quantitative estimate of drug-likeness (QED) is 0.707. The van der Waals surface area contributed by atoms with Gasteiger partial charge in [-0.2, -0.15) is 10.4 Å². The van der Waals surface area contributed by atoms with Crippen molar-refractivity contribution in [1.29, 1.82) is 5.26 Å². The Morgan fingerprint density at radius 2 is 2.14 bits per heavy atom. The van der Waals surface area contributed by atoms with Crippen molar-refractivity contribution in [3.63, 3.8) is 0 Å². The van der Waals surface area contributed by atoms with Crippen LogP contribution < -0.4 is 10.6 Å². The fourth-order valence-electron chi connectivity index (χ4n) is 3.04.